The Morgan fingerprint density at radius 2 is 1.93 bits per heavy atom. The van der Waals surface area contributed by atoms with Crippen LogP contribution in [0.2, 0.25) is 0 Å². The number of rotatable bonds is 5. The van der Waals surface area contributed by atoms with Gasteiger partial charge in [0.1, 0.15) is 17.0 Å². The normalized spacial score (nSPS) is 14.8. The highest BCUT2D eigenvalue weighted by atomic mass is 16.5. The van der Waals surface area contributed by atoms with E-state index in [1.165, 1.54) is 28.9 Å². The van der Waals surface area contributed by atoms with E-state index in [2.05, 4.69) is 27.5 Å². The van der Waals surface area contributed by atoms with Crippen molar-refractivity contribution >= 4 is 17.5 Å². The molecule has 0 spiro atoms. The molecule has 0 saturated heterocycles. The average Bonchev–Trinajstić information content (AvgIpc) is 3.17. The molecule has 8 nitrogen and oxygen atoms in total. The van der Waals surface area contributed by atoms with Crippen molar-refractivity contribution in [2.24, 2.45) is 5.73 Å². The number of aromatic nitrogens is 3. The van der Waals surface area contributed by atoms with Crippen LogP contribution < -0.4 is 11.1 Å². The highest BCUT2D eigenvalue weighted by molar-refractivity contribution is 6.01. The zero-order valence-electron chi connectivity index (χ0n) is 15.7. The Balaban J connectivity index is 1.69. The molecular formula is C20H21N5O3. The summed E-state index contributed by atoms with van der Waals surface area (Å²) >= 11 is 0. The summed E-state index contributed by atoms with van der Waals surface area (Å²) in [6.45, 7) is 2.12. The number of hydrogen-bond donors (Lipinski definition) is 2. The molecule has 0 radical (unpaired) electrons. The Morgan fingerprint density at radius 3 is 2.54 bits per heavy atom. The first kappa shape index (κ1) is 18.1. The lowest BCUT2D eigenvalue weighted by Crippen LogP contribution is -2.47. The van der Waals surface area contributed by atoms with Crippen LogP contribution in [0.3, 0.4) is 0 Å². The number of carbonyl (C=O) groups excluding carboxylic acids is 2. The highest BCUT2D eigenvalue weighted by Crippen LogP contribution is 2.30. The minimum absolute atomic E-state index is 0.0930. The lowest BCUT2D eigenvalue weighted by molar-refractivity contribution is 0.0900. The Bertz CT molecular complexity index is 1060. The third kappa shape index (κ3) is 3.01. The predicted molar refractivity (Wildman–Crippen MR) is 102 cm³/mol. The molecule has 1 aromatic carbocycles. The van der Waals surface area contributed by atoms with Gasteiger partial charge in [-0.1, -0.05) is 24.3 Å². The number of amides is 2. The SMILES string of the molecule is COCc1nn2c(C(=O)NC3(C)Cc4ccccc4C3)ccnc2c1C(N)=O. The van der Waals surface area contributed by atoms with Crippen LogP contribution >= 0.6 is 0 Å². The summed E-state index contributed by atoms with van der Waals surface area (Å²) in [4.78, 5) is 29.1. The van der Waals surface area contributed by atoms with E-state index in [9.17, 15) is 9.59 Å². The maximum atomic E-state index is 13.1. The van der Waals surface area contributed by atoms with Gasteiger partial charge >= 0.3 is 0 Å². The summed E-state index contributed by atoms with van der Waals surface area (Å²) < 4.78 is 6.45. The number of nitrogens with one attached hydrogen (secondary N) is 1. The van der Waals surface area contributed by atoms with E-state index in [4.69, 9.17) is 10.5 Å². The third-order valence-electron chi connectivity index (χ3n) is 5.05. The zero-order chi connectivity index (χ0) is 19.9. The number of primary amides is 1. The van der Waals surface area contributed by atoms with Crippen LogP contribution in [-0.4, -0.2) is 39.1 Å². The Morgan fingerprint density at radius 1 is 1.25 bits per heavy atom. The number of ether oxygens (including phenoxy) is 1. The second-order valence-electron chi connectivity index (χ2n) is 7.32. The second kappa shape index (κ2) is 6.72. The molecule has 3 aromatic rings. The monoisotopic (exact) mass is 379 g/mol. The molecule has 2 aromatic heterocycles. The first-order valence-corrected chi connectivity index (χ1v) is 8.96. The van der Waals surface area contributed by atoms with Gasteiger partial charge in [0.05, 0.1) is 6.61 Å². The maximum Gasteiger partial charge on any atom is 0.270 e. The van der Waals surface area contributed by atoms with Crippen LogP contribution in [0, 0.1) is 0 Å². The molecular weight excluding hydrogens is 358 g/mol. The summed E-state index contributed by atoms with van der Waals surface area (Å²) in [6.07, 6.45) is 2.98. The number of nitrogens with zero attached hydrogens (tertiary/aromatic N) is 3. The lowest BCUT2D eigenvalue weighted by atomic mass is 9.98. The fourth-order valence-electron chi connectivity index (χ4n) is 3.88. The van der Waals surface area contributed by atoms with Crippen LogP contribution in [-0.2, 0) is 24.2 Å². The van der Waals surface area contributed by atoms with Crippen molar-refractivity contribution in [1.29, 1.82) is 0 Å². The van der Waals surface area contributed by atoms with Gasteiger partial charge in [0.25, 0.3) is 11.8 Å². The van der Waals surface area contributed by atoms with Crippen molar-refractivity contribution in [3.8, 4) is 0 Å². The number of carbonyl (C=O) groups is 2. The van der Waals surface area contributed by atoms with Crippen LogP contribution in [0.25, 0.3) is 5.65 Å². The summed E-state index contributed by atoms with van der Waals surface area (Å²) in [5.74, 6) is -0.949. The largest absolute Gasteiger partial charge is 0.378 e. The summed E-state index contributed by atoms with van der Waals surface area (Å²) in [5.41, 5.74) is 8.61. The molecule has 144 valence electrons. The van der Waals surface area contributed by atoms with Crippen LogP contribution in [0.15, 0.2) is 36.5 Å². The zero-order valence-corrected chi connectivity index (χ0v) is 15.7. The van der Waals surface area contributed by atoms with Crippen molar-refractivity contribution in [1.82, 2.24) is 19.9 Å². The topological polar surface area (TPSA) is 112 Å². The lowest BCUT2D eigenvalue weighted by Gasteiger charge is -2.25. The molecule has 0 bridgehead atoms. The van der Waals surface area contributed by atoms with Crippen molar-refractivity contribution in [2.45, 2.75) is 31.9 Å². The van der Waals surface area contributed by atoms with Crippen molar-refractivity contribution in [3.63, 3.8) is 0 Å². The van der Waals surface area contributed by atoms with Gasteiger partial charge in [-0.05, 0) is 37.0 Å². The van der Waals surface area contributed by atoms with Gasteiger partial charge < -0.3 is 15.8 Å². The standard InChI is InChI=1S/C20H21N5O3/c1-20(9-12-5-3-4-6-13(12)10-20)23-19(27)15-7-8-22-18-16(17(21)26)14(11-28-2)24-25(15)18/h3-8H,9-11H2,1-2H3,(H2,21,26)(H,23,27). The molecule has 0 unspecified atom stereocenters. The first-order chi connectivity index (χ1) is 13.4. The van der Waals surface area contributed by atoms with Crippen molar-refractivity contribution in [3.05, 3.63) is 64.6 Å². The molecule has 4 rings (SSSR count). The quantitative estimate of drug-likeness (QED) is 0.693. The number of nitrogens with two attached hydrogens (primary N) is 1. The molecule has 0 aliphatic heterocycles. The van der Waals surface area contributed by atoms with E-state index in [0.29, 0.717) is 5.69 Å². The van der Waals surface area contributed by atoms with E-state index in [1.54, 1.807) is 6.07 Å². The van der Waals surface area contributed by atoms with E-state index >= 15 is 0 Å². The van der Waals surface area contributed by atoms with Crippen LogP contribution in [0.1, 0.15) is 44.6 Å². The summed E-state index contributed by atoms with van der Waals surface area (Å²) in [5, 5.41) is 7.47. The minimum atomic E-state index is -0.662. The van der Waals surface area contributed by atoms with E-state index in [0.717, 1.165) is 12.8 Å². The van der Waals surface area contributed by atoms with E-state index < -0.39 is 11.4 Å². The second-order valence-corrected chi connectivity index (χ2v) is 7.32. The third-order valence-corrected chi connectivity index (χ3v) is 5.05. The number of benzene rings is 1. The number of methoxy groups -OCH3 is 1. The van der Waals surface area contributed by atoms with Gasteiger partial charge in [-0.3, -0.25) is 9.59 Å². The van der Waals surface area contributed by atoms with E-state index in [1.807, 2.05) is 19.1 Å². The molecule has 1 aliphatic rings. The molecule has 0 fully saturated rings. The Hall–Kier alpha value is -3.26. The molecule has 2 heterocycles. The molecule has 28 heavy (non-hydrogen) atoms. The van der Waals surface area contributed by atoms with E-state index in [-0.39, 0.29) is 29.4 Å². The highest BCUT2D eigenvalue weighted by Gasteiger charge is 2.35. The van der Waals surface area contributed by atoms with Gasteiger partial charge in [0.15, 0.2) is 5.65 Å². The molecule has 3 N–H and O–H groups in total. The molecule has 0 atom stereocenters. The average molecular weight is 379 g/mol. The van der Waals surface area contributed by atoms with Gasteiger partial charge in [-0.2, -0.15) is 5.10 Å². The van der Waals surface area contributed by atoms with Gasteiger partial charge in [0.2, 0.25) is 0 Å². The maximum absolute atomic E-state index is 13.1. The fraction of sp³-hybridized carbons (Fsp3) is 0.300. The number of fused-ring (bicyclic) bond motifs is 2. The predicted octanol–water partition coefficient (Wildman–Crippen LogP) is 1.26. The van der Waals surface area contributed by atoms with Crippen LogP contribution in [0.4, 0.5) is 0 Å². The smallest absolute Gasteiger partial charge is 0.270 e. The summed E-state index contributed by atoms with van der Waals surface area (Å²) in [7, 11) is 1.49. The van der Waals surface area contributed by atoms with Crippen molar-refractivity contribution in [2.75, 3.05) is 7.11 Å². The Labute approximate surface area is 161 Å². The minimum Gasteiger partial charge on any atom is -0.378 e. The molecule has 0 saturated carbocycles. The summed E-state index contributed by atoms with van der Waals surface area (Å²) in [6, 6.07) is 9.75. The Kier molecular flexibility index (Phi) is 4.35. The van der Waals surface area contributed by atoms with Gasteiger partial charge in [-0.25, -0.2) is 9.50 Å². The molecule has 8 heteroatoms. The first-order valence-electron chi connectivity index (χ1n) is 8.96. The van der Waals surface area contributed by atoms with Gasteiger partial charge in [0, 0.05) is 18.8 Å². The number of hydrogen-bond acceptors (Lipinski definition) is 5. The van der Waals surface area contributed by atoms with Crippen LogP contribution in [0.5, 0.6) is 0 Å². The molecule has 2 amide bonds. The van der Waals surface area contributed by atoms with Gasteiger partial charge in [-0.15, -0.1) is 0 Å². The fourth-order valence-corrected chi connectivity index (χ4v) is 3.88. The van der Waals surface area contributed by atoms with Crippen molar-refractivity contribution < 1.29 is 14.3 Å². The molecule has 1 aliphatic carbocycles.